The van der Waals surface area contributed by atoms with Crippen LogP contribution in [0.25, 0.3) is 10.1 Å². The normalized spacial score (nSPS) is 10.9. The maximum Gasteiger partial charge on any atom is 0.0490 e. The first-order valence-corrected chi connectivity index (χ1v) is 5.96. The summed E-state index contributed by atoms with van der Waals surface area (Å²) in [5.41, 5.74) is 1.36. The van der Waals surface area contributed by atoms with Gasteiger partial charge in [-0.25, -0.2) is 0 Å². The summed E-state index contributed by atoms with van der Waals surface area (Å²) in [6.45, 7) is 2.15. The molecule has 0 radical (unpaired) electrons. The molecule has 3 heteroatoms. The summed E-state index contributed by atoms with van der Waals surface area (Å²) in [5, 5.41) is 3.56. The molecule has 0 atom stereocenters. The molecule has 0 aliphatic carbocycles. The average Bonchev–Trinajstić information content (AvgIpc) is 2.41. The number of halogens is 1. The fourth-order valence-electron chi connectivity index (χ4n) is 1.18. The number of aryl methyl sites for hydroxylation is 1. The minimum Gasteiger partial charge on any atom is -0.142 e. The number of thiol groups is 1. The molecule has 0 amide bonds. The Morgan fingerprint density at radius 2 is 2.17 bits per heavy atom. The lowest BCUT2D eigenvalue weighted by Gasteiger charge is -1.98. The van der Waals surface area contributed by atoms with E-state index in [1.807, 2.05) is 0 Å². The highest BCUT2D eigenvalue weighted by atomic mass is 127. The molecule has 0 unspecified atom stereocenters. The zero-order valence-electron chi connectivity index (χ0n) is 6.47. The number of benzene rings is 1. The lowest BCUT2D eigenvalue weighted by molar-refractivity contribution is 1.47. The molecule has 0 spiro atoms. The zero-order chi connectivity index (χ0) is 8.72. The van der Waals surface area contributed by atoms with Gasteiger partial charge in [0, 0.05) is 13.2 Å². The van der Waals surface area contributed by atoms with Crippen molar-refractivity contribution in [2.75, 3.05) is 0 Å². The summed E-state index contributed by atoms with van der Waals surface area (Å²) in [7, 11) is 0. The van der Waals surface area contributed by atoms with E-state index in [2.05, 4.69) is 59.7 Å². The maximum atomic E-state index is 4.38. The second-order valence-electron chi connectivity index (χ2n) is 2.69. The van der Waals surface area contributed by atoms with Gasteiger partial charge in [0.1, 0.15) is 0 Å². The van der Waals surface area contributed by atoms with Gasteiger partial charge in [0.05, 0.1) is 0 Å². The van der Waals surface area contributed by atoms with Crippen molar-refractivity contribution < 1.29 is 0 Å². The van der Waals surface area contributed by atoms with Crippen LogP contribution in [0.4, 0.5) is 0 Å². The van der Waals surface area contributed by atoms with Crippen LogP contribution in [0.1, 0.15) is 5.56 Å². The predicted octanol–water partition coefficient (Wildman–Crippen LogP) is 4.10. The summed E-state index contributed by atoms with van der Waals surface area (Å²) >= 11 is 8.53. The fourth-order valence-corrected chi connectivity index (χ4v) is 3.29. The molecular formula is C9H7IS2. The molecule has 62 valence electrons. The lowest BCUT2D eigenvalue weighted by Crippen LogP contribution is -1.75. The van der Waals surface area contributed by atoms with Gasteiger partial charge in [-0.3, -0.25) is 0 Å². The average molecular weight is 306 g/mol. The Morgan fingerprint density at radius 1 is 1.42 bits per heavy atom. The van der Waals surface area contributed by atoms with Gasteiger partial charge in [0.2, 0.25) is 0 Å². The first-order valence-electron chi connectivity index (χ1n) is 3.55. The molecule has 1 heterocycles. The van der Waals surface area contributed by atoms with Crippen molar-refractivity contribution in [1.82, 2.24) is 0 Å². The van der Waals surface area contributed by atoms with E-state index >= 15 is 0 Å². The Balaban J connectivity index is 2.93. The van der Waals surface area contributed by atoms with Crippen molar-refractivity contribution in [2.24, 2.45) is 0 Å². The van der Waals surface area contributed by atoms with Crippen molar-refractivity contribution in [3.63, 3.8) is 0 Å². The molecule has 0 bridgehead atoms. The van der Waals surface area contributed by atoms with E-state index in [0.717, 1.165) is 4.90 Å². The van der Waals surface area contributed by atoms with E-state index in [9.17, 15) is 0 Å². The van der Waals surface area contributed by atoms with Crippen molar-refractivity contribution in [3.8, 4) is 0 Å². The van der Waals surface area contributed by atoms with Crippen LogP contribution in [0.3, 0.4) is 0 Å². The standard InChI is InChI=1S/C9H7IS2/c1-5-4-12-9-6(5)2-3-7(11)8(9)10/h2-4,11H,1H3. The largest absolute Gasteiger partial charge is 0.142 e. The van der Waals surface area contributed by atoms with Gasteiger partial charge in [-0.05, 0) is 51.9 Å². The van der Waals surface area contributed by atoms with E-state index in [1.54, 1.807) is 11.3 Å². The van der Waals surface area contributed by atoms with E-state index in [0.29, 0.717) is 0 Å². The Hall–Kier alpha value is 0.260. The topological polar surface area (TPSA) is 0 Å². The molecule has 0 aliphatic heterocycles. The third kappa shape index (κ3) is 1.28. The van der Waals surface area contributed by atoms with Crippen LogP contribution in [0, 0.1) is 10.5 Å². The predicted molar refractivity (Wildman–Crippen MR) is 66.5 cm³/mol. The summed E-state index contributed by atoms with van der Waals surface area (Å²) in [6, 6.07) is 4.21. The third-order valence-corrected chi connectivity index (χ3v) is 5.27. The monoisotopic (exact) mass is 306 g/mol. The molecule has 0 saturated heterocycles. The lowest BCUT2D eigenvalue weighted by atomic mass is 10.2. The van der Waals surface area contributed by atoms with E-state index < -0.39 is 0 Å². The molecule has 1 aromatic carbocycles. The second-order valence-corrected chi connectivity index (χ2v) is 5.13. The quantitative estimate of drug-likeness (QED) is 0.550. The first kappa shape index (κ1) is 8.84. The molecule has 12 heavy (non-hydrogen) atoms. The number of hydrogen-bond donors (Lipinski definition) is 1. The smallest absolute Gasteiger partial charge is 0.0490 e. The van der Waals surface area contributed by atoms with Crippen molar-refractivity contribution >= 4 is 56.6 Å². The molecule has 1 aromatic heterocycles. The van der Waals surface area contributed by atoms with Crippen LogP contribution in [0.15, 0.2) is 22.4 Å². The Morgan fingerprint density at radius 3 is 2.92 bits per heavy atom. The minimum absolute atomic E-state index is 1.07. The van der Waals surface area contributed by atoms with Crippen LogP contribution in [0.2, 0.25) is 0 Å². The van der Waals surface area contributed by atoms with Gasteiger partial charge < -0.3 is 0 Å². The van der Waals surface area contributed by atoms with Gasteiger partial charge in [0.15, 0.2) is 0 Å². The highest BCUT2D eigenvalue weighted by Gasteiger charge is 2.05. The molecule has 2 rings (SSSR count). The van der Waals surface area contributed by atoms with Gasteiger partial charge in [-0.2, -0.15) is 0 Å². The molecule has 0 N–H and O–H groups in total. The highest BCUT2D eigenvalue weighted by Crippen LogP contribution is 2.32. The summed E-state index contributed by atoms with van der Waals surface area (Å²) in [4.78, 5) is 1.07. The number of fused-ring (bicyclic) bond motifs is 1. The summed E-state index contributed by atoms with van der Waals surface area (Å²) in [5.74, 6) is 0. The Kier molecular flexibility index (Phi) is 2.35. The third-order valence-electron chi connectivity index (χ3n) is 1.86. The van der Waals surface area contributed by atoms with E-state index in [4.69, 9.17) is 0 Å². The number of hydrogen-bond acceptors (Lipinski definition) is 2. The molecule has 0 saturated carbocycles. The van der Waals surface area contributed by atoms with Gasteiger partial charge in [0.25, 0.3) is 0 Å². The van der Waals surface area contributed by atoms with Crippen LogP contribution < -0.4 is 0 Å². The van der Waals surface area contributed by atoms with Crippen molar-refractivity contribution in [2.45, 2.75) is 11.8 Å². The molecular weight excluding hydrogens is 299 g/mol. The van der Waals surface area contributed by atoms with Gasteiger partial charge in [-0.15, -0.1) is 24.0 Å². The number of rotatable bonds is 0. The van der Waals surface area contributed by atoms with Crippen molar-refractivity contribution in [3.05, 3.63) is 26.6 Å². The number of thiophene rings is 1. The van der Waals surface area contributed by atoms with E-state index in [-0.39, 0.29) is 0 Å². The fraction of sp³-hybridized carbons (Fsp3) is 0.111. The zero-order valence-corrected chi connectivity index (χ0v) is 10.3. The molecule has 0 aliphatic rings. The highest BCUT2D eigenvalue weighted by molar-refractivity contribution is 14.1. The molecule has 2 aromatic rings. The minimum atomic E-state index is 1.07. The van der Waals surface area contributed by atoms with Crippen LogP contribution in [-0.4, -0.2) is 0 Å². The maximum absolute atomic E-state index is 4.38. The van der Waals surface area contributed by atoms with Crippen LogP contribution >= 0.6 is 46.6 Å². The van der Waals surface area contributed by atoms with Gasteiger partial charge in [-0.1, -0.05) is 6.07 Å². The molecule has 0 nitrogen and oxygen atoms in total. The Bertz CT molecular complexity index is 431. The Labute approximate surface area is 94.5 Å². The summed E-state index contributed by atoms with van der Waals surface area (Å²) in [6.07, 6.45) is 0. The van der Waals surface area contributed by atoms with Crippen LogP contribution in [-0.2, 0) is 0 Å². The molecule has 0 fully saturated rings. The first-order chi connectivity index (χ1) is 5.70. The van der Waals surface area contributed by atoms with E-state index in [1.165, 1.54) is 19.2 Å². The SMILES string of the molecule is Cc1csc2c(I)c(S)ccc12. The summed E-state index contributed by atoms with van der Waals surface area (Å²) < 4.78 is 2.63. The second kappa shape index (κ2) is 3.20. The van der Waals surface area contributed by atoms with Crippen LogP contribution in [0.5, 0.6) is 0 Å². The van der Waals surface area contributed by atoms with Gasteiger partial charge >= 0.3 is 0 Å². The van der Waals surface area contributed by atoms with Crippen molar-refractivity contribution in [1.29, 1.82) is 0 Å².